The number of benzene rings is 3. The number of amides is 2. The first-order valence-electron chi connectivity index (χ1n) is 17.0. The Morgan fingerprint density at radius 3 is 1.88 bits per heavy atom. The first kappa shape index (κ1) is 34.4. The summed E-state index contributed by atoms with van der Waals surface area (Å²) in [6.07, 6.45) is 9.08. The fourth-order valence-corrected chi connectivity index (χ4v) is 6.51. The Bertz CT molecular complexity index is 2080. The molecule has 2 amide bonds. The molecule has 0 spiro atoms. The lowest BCUT2D eigenvalue weighted by Gasteiger charge is -2.19. The minimum Gasteiger partial charge on any atom is -0.497 e. The summed E-state index contributed by atoms with van der Waals surface area (Å²) in [5.41, 5.74) is 4.86. The molecule has 12 heteroatoms. The molecule has 0 saturated heterocycles. The van der Waals surface area contributed by atoms with E-state index in [1.807, 2.05) is 43.7 Å². The Labute approximate surface area is 302 Å². The molecule has 0 fully saturated rings. The van der Waals surface area contributed by atoms with Gasteiger partial charge in [0.15, 0.2) is 23.0 Å². The number of aliphatic imine (C=N–C) groups is 2. The molecule has 7 rings (SSSR count). The number of ether oxygens (including phenoxy) is 5. The molecule has 3 aromatic rings. The van der Waals surface area contributed by atoms with Crippen LogP contribution < -0.4 is 29.0 Å². The lowest BCUT2D eigenvalue weighted by atomic mass is 10.0. The molecule has 0 radical (unpaired) electrons. The summed E-state index contributed by atoms with van der Waals surface area (Å²) in [6, 6.07) is 14.2. The van der Waals surface area contributed by atoms with E-state index in [0.717, 1.165) is 22.5 Å². The molecule has 0 saturated carbocycles. The van der Waals surface area contributed by atoms with Crippen molar-refractivity contribution in [2.45, 2.75) is 31.3 Å². The van der Waals surface area contributed by atoms with E-state index in [-0.39, 0.29) is 23.9 Å². The largest absolute Gasteiger partial charge is 0.497 e. The van der Waals surface area contributed by atoms with Gasteiger partial charge < -0.3 is 38.8 Å². The number of methoxy groups -OCH3 is 3. The maximum absolute atomic E-state index is 13.7. The molecule has 0 aliphatic carbocycles. The zero-order valence-electron chi connectivity index (χ0n) is 29.5. The molecule has 4 aliphatic rings. The number of hydrogen-bond acceptors (Lipinski definition) is 10. The topological polar surface area (TPSA) is 124 Å². The van der Waals surface area contributed by atoms with Crippen molar-refractivity contribution >= 4 is 41.2 Å². The van der Waals surface area contributed by atoms with Gasteiger partial charge in [-0.05, 0) is 42.4 Å². The second-order valence-corrected chi connectivity index (χ2v) is 12.5. The van der Waals surface area contributed by atoms with E-state index in [4.69, 9.17) is 28.7 Å². The zero-order valence-corrected chi connectivity index (χ0v) is 29.5. The van der Waals surface area contributed by atoms with Gasteiger partial charge in [-0.2, -0.15) is 0 Å². The van der Waals surface area contributed by atoms with Gasteiger partial charge in [0, 0.05) is 61.8 Å². The van der Waals surface area contributed by atoms with E-state index >= 15 is 0 Å². The van der Waals surface area contributed by atoms with Gasteiger partial charge >= 0.3 is 0 Å². The highest BCUT2D eigenvalue weighted by Crippen LogP contribution is 2.41. The number of hydrogen-bond donors (Lipinski definition) is 1. The molecule has 52 heavy (non-hydrogen) atoms. The van der Waals surface area contributed by atoms with Gasteiger partial charge in [-0.25, -0.2) is 0 Å². The Balaban J connectivity index is 0.987. The number of fused-ring (bicyclic) bond motifs is 4. The second kappa shape index (κ2) is 15.0. The predicted molar refractivity (Wildman–Crippen MR) is 198 cm³/mol. The third-order valence-corrected chi connectivity index (χ3v) is 9.21. The Hall–Kier alpha value is -6.06. The van der Waals surface area contributed by atoms with Crippen LogP contribution in [0.1, 0.15) is 45.5 Å². The third-order valence-electron chi connectivity index (χ3n) is 9.21. The van der Waals surface area contributed by atoms with E-state index < -0.39 is 0 Å². The smallest absolute Gasteiger partial charge is 0.260 e. The molecule has 4 heterocycles. The van der Waals surface area contributed by atoms with E-state index in [0.29, 0.717) is 84.5 Å². The first-order chi connectivity index (χ1) is 25.4. The van der Waals surface area contributed by atoms with Crippen LogP contribution in [0.15, 0.2) is 76.5 Å². The average molecular weight is 702 g/mol. The van der Waals surface area contributed by atoms with Gasteiger partial charge in [0.25, 0.3) is 11.8 Å². The van der Waals surface area contributed by atoms with Crippen molar-refractivity contribution < 1.29 is 33.3 Å². The highest BCUT2D eigenvalue weighted by molar-refractivity contribution is 6.06. The van der Waals surface area contributed by atoms with Crippen molar-refractivity contribution in [3.05, 3.63) is 83.2 Å². The summed E-state index contributed by atoms with van der Waals surface area (Å²) in [5.74, 6) is 8.44. The third kappa shape index (κ3) is 6.83. The Morgan fingerprint density at radius 2 is 1.33 bits per heavy atom. The van der Waals surface area contributed by atoms with Crippen molar-refractivity contribution in [1.82, 2.24) is 15.1 Å². The van der Waals surface area contributed by atoms with Crippen LogP contribution in [0.3, 0.4) is 0 Å². The summed E-state index contributed by atoms with van der Waals surface area (Å²) >= 11 is 0. The van der Waals surface area contributed by atoms with Crippen LogP contribution >= 0.6 is 0 Å². The van der Waals surface area contributed by atoms with Gasteiger partial charge in [0.1, 0.15) is 5.75 Å². The van der Waals surface area contributed by atoms with Crippen LogP contribution in [0.5, 0.6) is 28.7 Å². The standard InChI is InChI=1S/C40H39N5O7/c1-41-12-5-7-25-15-28-21-42-33-19-37(35(49-3)17-31(33)39(46)44(28)23-25)51-13-6-14-52-38-20-34-32(18-36(38)50-4)40(47)45-24-27(16-29(45)22-43-34)26-8-10-30(48-2)11-9-26/h8-11,17-24,28-29,41H,6,12-16H2,1-4H3/t28-,29-/m0/s1. The minimum atomic E-state index is -0.202. The quantitative estimate of drug-likeness (QED) is 0.204. The lowest BCUT2D eigenvalue weighted by Crippen LogP contribution is -2.32. The van der Waals surface area contributed by atoms with Gasteiger partial charge in [0.2, 0.25) is 0 Å². The molecule has 0 aromatic heterocycles. The molecular formula is C40H39N5O7. The highest BCUT2D eigenvalue weighted by Gasteiger charge is 2.34. The van der Waals surface area contributed by atoms with Gasteiger partial charge in [-0.3, -0.25) is 19.6 Å². The van der Waals surface area contributed by atoms with Crippen molar-refractivity contribution in [2.75, 3.05) is 48.1 Å². The highest BCUT2D eigenvalue weighted by atomic mass is 16.5. The van der Waals surface area contributed by atoms with Crippen molar-refractivity contribution in [3.8, 4) is 40.6 Å². The van der Waals surface area contributed by atoms with Crippen molar-refractivity contribution in [1.29, 1.82) is 0 Å². The molecule has 266 valence electrons. The minimum absolute atomic E-state index is 0.156. The van der Waals surface area contributed by atoms with E-state index in [1.165, 1.54) is 7.11 Å². The fourth-order valence-electron chi connectivity index (χ4n) is 6.51. The van der Waals surface area contributed by atoms with E-state index in [1.54, 1.807) is 60.7 Å². The number of nitrogens with zero attached hydrogens (tertiary/aromatic N) is 4. The Kier molecular flexibility index (Phi) is 9.95. The number of nitrogens with one attached hydrogen (secondary N) is 1. The predicted octanol–water partition coefficient (Wildman–Crippen LogP) is 5.57. The molecule has 0 bridgehead atoms. The zero-order chi connectivity index (χ0) is 36.2. The number of rotatable bonds is 11. The van der Waals surface area contributed by atoms with Crippen LogP contribution in [0.25, 0.3) is 5.57 Å². The Morgan fingerprint density at radius 1 is 0.750 bits per heavy atom. The summed E-state index contributed by atoms with van der Waals surface area (Å²) in [7, 11) is 6.55. The van der Waals surface area contributed by atoms with Gasteiger partial charge in [-0.15, -0.1) is 0 Å². The monoisotopic (exact) mass is 701 g/mol. The van der Waals surface area contributed by atoms with Crippen LogP contribution in [-0.2, 0) is 0 Å². The molecule has 2 atom stereocenters. The summed E-state index contributed by atoms with van der Waals surface area (Å²) in [4.78, 5) is 40.0. The van der Waals surface area contributed by atoms with E-state index in [2.05, 4.69) is 22.2 Å². The lowest BCUT2D eigenvalue weighted by molar-refractivity contribution is 0.0809. The van der Waals surface area contributed by atoms with Crippen molar-refractivity contribution in [2.24, 2.45) is 9.98 Å². The number of carbonyl (C=O) groups excluding carboxylic acids is 2. The maximum atomic E-state index is 13.7. The summed E-state index contributed by atoms with van der Waals surface area (Å²) < 4.78 is 28.7. The van der Waals surface area contributed by atoms with Crippen LogP contribution in [0.2, 0.25) is 0 Å². The van der Waals surface area contributed by atoms with Gasteiger partial charge in [-0.1, -0.05) is 24.0 Å². The average Bonchev–Trinajstić information content (AvgIpc) is 3.74. The first-order valence-corrected chi connectivity index (χ1v) is 17.0. The molecule has 3 aromatic carbocycles. The second-order valence-electron chi connectivity index (χ2n) is 12.5. The van der Waals surface area contributed by atoms with Crippen molar-refractivity contribution in [3.63, 3.8) is 0 Å². The molecule has 12 nitrogen and oxygen atoms in total. The van der Waals surface area contributed by atoms with Gasteiger partial charge in [0.05, 0.1) is 75.7 Å². The molecule has 4 aliphatic heterocycles. The molecule has 1 N–H and O–H groups in total. The summed E-state index contributed by atoms with van der Waals surface area (Å²) in [6.45, 7) is 1.19. The van der Waals surface area contributed by atoms with Crippen LogP contribution in [-0.4, -0.2) is 94.3 Å². The maximum Gasteiger partial charge on any atom is 0.260 e. The van der Waals surface area contributed by atoms with Crippen LogP contribution in [0.4, 0.5) is 11.4 Å². The van der Waals surface area contributed by atoms with E-state index in [9.17, 15) is 9.59 Å². The normalized spacial score (nSPS) is 18.2. The van der Waals surface area contributed by atoms with Crippen LogP contribution in [0, 0.1) is 11.8 Å². The molecular weight excluding hydrogens is 662 g/mol. The SMILES string of the molecule is CNCC#CC1=CN2C(=O)c3cc(OC)c(OCCCOc4cc5c(cc4OC)C(=O)N4C=C(c6ccc(OC)cc6)C[C@H]4C=N5)cc3N=C[C@@H]2C1. The fraction of sp³-hybridized carbons (Fsp3) is 0.300. The molecule has 0 unspecified atom stereocenters. The summed E-state index contributed by atoms with van der Waals surface area (Å²) in [5, 5.41) is 3.00. The number of carbonyl (C=O) groups is 2.